The smallest absolute Gasteiger partial charge is 0.326 e. The predicted molar refractivity (Wildman–Crippen MR) is 121 cm³/mol. The van der Waals surface area contributed by atoms with E-state index in [1.54, 1.807) is 0 Å². The van der Waals surface area contributed by atoms with Crippen LogP contribution in [0.15, 0.2) is 12.5 Å². The lowest BCUT2D eigenvalue weighted by Gasteiger charge is -2.26. The van der Waals surface area contributed by atoms with Crippen molar-refractivity contribution in [3.63, 3.8) is 0 Å². The van der Waals surface area contributed by atoms with E-state index in [1.807, 2.05) is 0 Å². The van der Waals surface area contributed by atoms with Gasteiger partial charge in [0.2, 0.25) is 23.6 Å². The number of aliphatic hydroxyl groups excluding tert-OH is 1. The van der Waals surface area contributed by atoms with Gasteiger partial charge in [-0.15, -0.1) is 0 Å². The van der Waals surface area contributed by atoms with Crippen LogP contribution in [0.1, 0.15) is 38.3 Å². The summed E-state index contributed by atoms with van der Waals surface area (Å²) in [6.45, 7) is 1.18. The van der Waals surface area contributed by atoms with Crippen molar-refractivity contribution in [1.29, 1.82) is 0 Å². The third-order valence-electron chi connectivity index (χ3n) is 4.97. The van der Waals surface area contributed by atoms with Gasteiger partial charge >= 0.3 is 11.9 Å². The van der Waals surface area contributed by atoms with Crippen LogP contribution in [0.2, 0.25) is 0 Å². The molecule has 1 rings (SSSR count). The zero-order valence-corrected chi connectivity index (χ0v) is 19.5. The van der Waals surface area contributed by atoms with E-state index < -0.39 is 72.3 Å². The minimum atomic E-state index is -1.60. The molecule has 0 aliphatic rings. The molecule has 16 nitrogen and oxygen atoms in total. The highest BCUT2D eigenvalue weighted by molar-refractivity contribution is 5.94. The average Bonchev–Trinajstić information content (AvgIpc) is 3.30. The second-order valence-corrected chi connectivity index (χ2v) is 8.01. The van der Waals surface area contributed by atoms with E-state index in [-0.39, 0.29) is 25.7 Å². The number of nitrogens with two attached hydrogens (primary N) is 2. The molecule has 11 N–H and O–H groups in total. The van der Waals surface area contributed by atoms with E-state index in [2.05, 4.69) is 25.9 Å². The Morgan fingerprint density at radius 3 is 2.11 bits per heavy atom. The number of amides is 4. The Labute approximate surface area is 205 Å². The summed E-state index contributed by atoms with van der Waals surface area (Å²) in [5.74, 6) is -6.25. The fourth-order valence-corrected chi connectivity index (χ4v) is 2.98. The lowest BCUT2D eigenvalue weighted by molar-refractivity contribution is -0.142. The van der Waals surface area contributed by atoms with Crippen LogP contribution >= 0.6 is 0 Å². The first kappa shape index (κ1) is 30.0. The standard InChI is InChI=1S/C20H31N7O9/c1-9(28)16(27-17(32)11(21)2-5-15(30)31)19(34)25-12(3-4-14(22)29)18(33)26-13(20(35)36)6-10-7-23-8-24-10/h7-9,11-13,16,28H,2-6,21H2,1H3,(H2,22,29)(H,23,24)(H,25,34)(H,26,33)(H,27,32)(H,30,31)(H,35,36). The Kier molecular flexibility index (Phi) is 12.0. The van der Waals surface area contributed by atoms with E-state index in [1.165, 1.54) is 19.4 Å². The monoisotopic (exact) mass is 513 g/mol. The summed E-state index contributed by atoms with van der Waals surface area (Å²) >= 11 is 0. The second kappa shape index (κ2) is 14.4. The number of primary amides is 1. The van der Waals surface area contributed by atoms with Crippen molar-refractivity contribution in [1.82, 2.24) is 25.9 Å². The number of aromatic nitrogens is 2. The summed E-state index contributed by atoms with van der Waals surface area (Å²) in [6, 6.07) is -5.75. The molecule has 200 valence electrons. The van der Waals surface area contributed by atoms with Crippen molar-refractivity contribution in [3.05, 3.63) is 18.2 Å². The first-order valence-corrected chi connectivity index (χ1v) is 10.9. The van der Waals surface area contributed by atoms with Crippen molar-refractivity contribution >= 4 is 35.6 Å². The van der Waals surface area contributed by atoms with Gasteiger partial charge in [0.15, 0.2) is 0 Å². The number of hydrogen-bond acceptors (Lipinski definition) is 9. The van der Waals surface area contributed by atoms with E-state index in [9.17, 15) is 39.0 Å². The maximum absolute atomic E-state index is 12.8. The molecule has 0 radical (unpaired) electrons. The molecule has 0 aromatic carbocycles. The van der Waals surface area contributed by atoms with Gasteiger partial charge in [-0.25, -0.2) is 9.78 Å². The molecule has 1 aromatic rings. The van der Waals surface area contributed by atoms with Crippen molar-refractivity contribution in [3.8, 4) is 0 Å². The summed E-state index contributed by atoms with van der Waals surface area (Å²) in [6.07, 6.45) is -0.213. The van der Waals surface area contributed by atoms with Gasteiger partial charge in [0.1, 0.15) is 18.1 Å². The van der Waals surface area contributed by atoms with Gasteiger partial charge < -0.3 is 47.7 Å². The fraction of sp³-hybridized carbons (Fsp3) is 0.550. The molecule has 0 aliphatic carbocycles. The number of nitrogens with one attached hydrogen (secondary N) is 4. The molecule has 1 heterocycles. The normalized spacial score (nSPS) is 15.0. The maximum atomic E-state index is 12.8. The third kappa shape index (κ3) is 10.5. The van der Waals surface area contributed by atoms with Crippen LogP contribution in [0, 0.1) is 0 Å². The molecule has 5 unspecified atom stereocenters. The van der Waals surface area contributed by atoms with Crippen molar-refractivity contribution in [2.24, 2.45) is 11.5 Å². The number of aromatic amines is 1. The van der Waals surface area contributed by atoms with E-state index in [0.29, 0.717) is 5.69 Å². The molecule has 0 bridgehead atoms. The molecule has 5 atom stereocenters. The van der Waals surface area contributed by atoms with Crippen LogP contribution in [-0.4, -0.2) is 91.1 Å². The molecule has 0 saturated heterocycles. The van der Waals surface area contributed by atoms with Crippen LogP contribution in [0.4, 0.5) is 0 Å². The number of aliphatic hydroxyl groups is 1. The maximum Gasteiger partial charge on any atom is 0.326 e. The van der Waals surface area contributed by atoms with Crippen molar-refractivity contribution in [2.75, 3.05) is 0 Å². The average molecular weight is 514 g/mol. The highest BCUT2D eigenvalue weighted by Gasteiger charge is 2.32. The first-order valence-electron chi connectivity index (χ1n) is 10.9. The quantitative estimate of drug-likeness (QED) is 0.104. The lowest BCUT2D eigenvalue weighted by Crippen LogP contribution is -2.60. The second-order valence-electron chi connectivity index (χ2n) is 8.01. The van der Waals surface area contributed by atoms with E-state index >= 15 is 0 Å². The van der Waals surface area contributed by atoms with Crippen LogP contribution in [0.3, 0.4) is 0 Å². The molecular weight excluding hydrogens is 482 g/mol. The number of carbonyl (C=O) groups excluding carboxylic acids is 4. The number of carboxylic acids is 2. The highest BCUT2D eigenvalue weighted by atomic mass is 16.4. The Morgan fingerprint density at radius 1 is 0.972 bits per heavy atom. The number of carbonyl (C=O) groups is 6. The van der Waals surface area contributed by atoms with Gasteiger partial charge in [-0.05, 0) is 19.8 Å². The number of imidazole rings is 1. The van der Waals surface area contributed by atoms with Gasteiger partial charge in [0.05, 0.1) is 18.5 Å². The zero-order chi connectivity index (χ0) is 27.4. The number of nitrogens with zero attached hydrogens (tertiary/aromatic N) is 1. The van der Waals surface area contributed by atoms with Crippen molar-refractivity contribution in [2.45, 2.75) is 69.3 Å². The minimum Gasteiger partial charge on any atom is -0.481 e. The Balaban J connectivity index is 2.96. The highest BCUT2D eigenvalue weighted by Crippen LogP contribution is 2.05. The summed E-state index contributed by atoms with van der Waals surface area (Å²) < 4.78 is 0. The summed E-state index contributed by atoms with van der Waals surface area (Å²) in [7, 11) is 0. The number of H-pyrrole nitrogens is 1. The molecular formula is C20H31N7O9. The van der Waals surface area contributed by atoms with Gasteiger partial charge in [0, 0.05) is 31.2 Å². The van der Waals surface area contributed by atoms with E-state index in [4.69, 9.17) is 16.6 Å². The minimum absolute atomic E-state index is 0.155. The van der Waals surface area contributed by atoms with Crippen LogP contribution in [0.5, 0.6) is 0 Å². The number of aliphatic carboxylic acids is 2. The molecule has 36 heavy (non-hydrogen) atoms. The number of rotatable bonds is 16. The molecule has 4 amide bonds. The van der Waals surface area contributed by atoms with Gasteiger partial charge in [-0.3, -0.25) is 24.0 Å². The molecule has 0 fully saturated rings. The Bertz CT molecular complexity index is 936. The molecule has 16 heteroatoms. The van der Waals surface area contributed by atoms with Crippen LogP contribution in [-0.2, 0) is 35.2 Å². The Hall–Kier alpha value is -4.05. The summed E-state index contributed by atoms with van der Waals surface area (Å²) in [5.41, 5.74) is 11.2. The van der Waals surface area contributed by atoms with Gasteiger partial charge in [0.25, 0.3) is 0 Å². The summed E-state index contributed by atoms with van der Waals surface area (Å²) in [5, 5.41) is 34.9. The lowest BCUT2D eigenvalue weighted by atomic mass is 10.1. The molecule has 0 saturated carbocycles. The third-order valence-corrected chi connectivity index (χ3v) is 4.97. The zero-order valence-electron chi connectivity index (χ0n) is 19.5. The van der Waals surface area contributed by atoms with Crippen molar-refractivity contribution < 1.29 is 44.1 Å². The molecule has 1 aromatic heterocycles. The van der Waals surface area contributed by atoms with E-state index in [0.717, 1.165) is 0 Å². The molecule has 0 aliphatic heterocycles. The number of hydrogen-bond donors (Lipinski definition) is 9. The topological polar surface area (TPSA) is 280 Å². The fourth-order valence-electron chi connectivity index (χ4n) is 2.98. The van der Waals surface area contributed by atoms with Gasteiger partial charge in [-0.2, -0.15) is 0 Å². The first-order chi connectivity index (χ1) is 16.8. The predicted octanol–water partition coefficient (Wildman–Crippen LogP) is -3.67. The molecule has 0 spiro atoms. The van der Waals surface area contributed by atoms with Gasteiger partial charge in [-0.1, -0.05) is 0 Å². The Morgan fingerprint density at radius 2 is 1.61 bits per heavy atom. The summed E-state index contributed by atoms with van der Waals surface area (Å²) in [4.78, 5) is 77.8. The largest absolute Gasteiger partial charge is 0.481 e. The van der Waals surface area contributed by atoms with Crippen LogP contribution in [0.25, 0.3) is 0 Å². The number of carboxylic acid groups (broad SMARTS) is 2. The van der Waals surface area contributed by atoms with Crippen LogP contribution < -0.4 is 27.4 Å². The SMILES string of the molecule is CC(O)C(NC(=O)C(N)CCC(=O)O)C(=O)NC(CCC(N)=O)C(=O)NC(Cc1cnc[nH]1)C(=O)O.